The Labute approximate surface area is 123 Å². The molecule has 0 bridgehead atoms. The minimum absolute atomic E-state index is 0.0530. The van der Waals surface area contributed by atoms with Gasteiger partial charge in [-0.05, 0) is 15.9 Å². The Bertz CT molecular complexity index is 626. The summed E-state index contributed by atoms with van der Waals surface area (Å²) in [6.07, 6.45) is 0.0530. The lowest BCUT2D eigenvalue weighted by Gasteiger charge is -2.18. The number of hydrogen-bond donors (Lipinski definition) is 1. The molecule has 2 N–H and O–H groups in total. The Kier molecular flexibility index (Phi) is 3.90. The SMILES string of the molecule is COC(=O)C1CC(=O)N(c2cc(N)nc(Br)c2C#N)C1. The molecule has 1 aromatic rings. The van der Waals surface area contributed by atoms with Crippen molar-refractivity contribution in [1.82, 2.24) is 4.98 Å². The van der Waals surface area contributed by atoms with Crippen LogP contribution in [0.3, 0.4) is 0 Å². The third-order valence-electron chi connectivity index (χ3n) is 3.04. The van der Waals surface area contributed by atoms with Crippen LogP contribution in [0.2, 0.25) is 0 Å². The van der Waals surface area contributed by atoms with E-state index >= 15 is 0 Å². The second-order valence-corrected chi connectivity index (χ2v) is 5.02. The maximum Gasteiger partial charge on any atom is 0.311 e. The van der Waals surface area contributed by atoms with Gasteiger partial charge in [-0.2, -0.15) is 5.26 Å². The summed E-state index contributed by atoms with van der Waals surface area (Å²) in [5.74, 6) is -1.05. The predicted octanol–water partition coefficient (Wildman–Crippen LogP) is 0.824. The van der Waals surface area contributed by atoms with Gasteiger partial charge in [-0.15, -0.1) is 0 Å². The smallest absolute Gasteiger partial charge is 0.311 e. The molecule has 0 radical (unpaired) electrons. The van der Waals surface area contributed by atoms with Gasteiger partial charge in [0.05, 0.1) is 18.7 Å². The van der Waals surface area contributed by atoms with E-state index in [4.69, 9.17) is 11.0 Å². The average Bonchev–Trinajstić information content (AvgIpc) is 2.79. The van der Waals surface area contributed by atoms with Crippen molar-refractivity contribution < 1.29 is 14.3 Å². The van der Waals surface area contributed by atoms with Gasteiger partial charge in [0.2, 0.25) is 5.91 Å². The number of halogens is 1. The molecule has 2 rings (SSSR count). The number of rotatable bonds is 2. The van der Waals surface area contributed by atoms with Crippen molar-refractivity contribution in [2.45, 2.75) is 6.42 Å². The number of aromatic nitrogens is 1. The van der Waals surface area contributed by atoms with Gasteiger partial charge in [0, 0.05) is 19.0 Å². The summed E-state index contributed by atoms with van der Waals surface area (Å²) in [6.45, 7) is 0.163. The number of nitrogen functional groups attached to an aromatic ring is 1. The Morgan fingerprint density at radius 2 is 2.40 bits per heavy atom. The Balaban J connectivity index is 2.40. The molecule has 20 heavy (non-hydrogen) atoms. The van der Waals surface area contributed by atoms with E-state index in [0.717, 1.165) is 0 Å². The van der Waals surface area contributed by atoms with E-state index in [1.807, 2.05) is 6.07 Å². The van der Waals surface area contributed by atoms with Gasteiger partial charge in [-0.25, -0.2) is 4.98 Å². The second-order valence-electron chi connectivity index (χ2n) is 4.27. The van der Waals surface area contributed by atoms with Crippen molar-refractivity contribution in [3.63, 3.8) is 0 Å². The summed E-state index contributed by atoms with van der Waals surface area (Å²) >= 11 is 3.14. The van der Waals surface area contributed by atoms with Crippen LogP contribution in [-0.2, 0) is 14.3 Å². The molecule has 1 aliphatic rings. The first-order valence-electron chi connectivity index (χ1n) is 5.72. The third-order valence-corrected chi connectivity index (χ3v) is 3.61. The maximum atomic E-state index is 12.0. The maximum absolute atomic E-state index is 12.0. The fraction of sp³-hybridized carbons (Fsp3) is 0.333. The molecule has 2 heterocycles. The van der Waals surface area contributed by atoms with E-state index in [-0.39, 0.29) is 34.9 Å². The molecule has 0 spiro atoms. The molecule has 0 saturated carbocycles. The van der Waals surface area contributed by atoms with Crippen molar-refractivity contribution in [3.8, 4) is 6.07 Å². The van der Waals surface area contributed by atoms with E-state index < -0.39 is 11.9 Å². The first-order valence-corrected chi connectivity index (χ1v) is 6.51. The van der Waals surface area contributed by atoms with E-state index in [2.05, 4.69) is 25.7 Å². The summed E-state index contributed by atoms with van der Waals surface area (Å²) in [6, 6.07) is 3.42. The normalized spacial score (nSPS) is 17.9. The van der Waals surface area contributed by atoms with Crippen LogP contribution in [0.15, 0.2) is 10.7 Å². The fourth-order valence-corrected chi connectivity index (χ4v) is 2.60. The summed E-state index contributed by atoms with van der Waals surface area (Å²) in [5.41, 5.74) is 6.19. The number of hydrogen-bond acceptors (Lipinski definition) is 6. The fourth-order valence-electron chi connectivity index (χ4n) is 2.10. The molecule has 1 atom stereocenters. The summed E-state index contributed by atoms with van der Waals surface area (Å²) < 4.78 is 4.91. The molecule has 1 amide bonds. The van der Waals surface area contributed by atoms with Crippen molar-refractivity contribution in [1.29, 1.82) is 5.26 Å². The zero-order valence-corrected chi connectivity index (χ0v) is 12.2. The zero-order chi connectivity index (χ0) is 14.9. The number of nitrogens with two attached hydrogens (primary N) is 1. The number of pyridine rings is 1. The molecular weight excluding hydrogens is 328 g/mol. The number of nitrogens with zero attached hydrogens (tertiary/aromatic N) is 3. The lowest BCUT2D eigenvalue weighted by molar-refractivity contribution is -0.145. The lowest BCUT2D eigenvalue weighted by atomic mass is 10.1. The van der Waals surface area contributed by atoms with Crippen LogP contribution in [0.4, 0.5) is 11.5 Å². The number of anilines is 2. The van der Waals surface area contributed by atoms with E-state index in [9.17, 15) is 9.59 Å². The van der Waals surface area contributed by atoms with Crippen LogP contribution in [0.25, 0.3) is 0 Å². The van der Waals surface area contributed by atoms with Crippen LogP contribution < -0.4 is 10.6 Å². The molecule has 8 heteroatoms. The van der Waals surface area contributed by atoms with Gasteiger partial charge >= 0.3 is 5.97 Å². The van der Waals surface area contributed by atoms with Crippen LogP contribution in [0.1, 0.15) is 12.0 Å². The van der Waals surface area contributed by atoms with Crippen molar-refractivity contribution in [2.75, 3.05) is 24.3 Å². The van der Waals surface area contributed by atoms with Gasteiger partial charge in [-0.3, -0.25) is 9.59 Å². The largest absolute Gasteiger partial charge is 0.469 e. The molecule has 1 aromatic heterocycles. The second kappa shape index (κ2) is 5.46. The highest BCUT2D eigenvalue weighted by molar-refractivity contribution is 9.10. The molecule has 1 aliphatic heterocycles. The highest BCUT2D eigenvalue weighted by atomic mass is 79.9. The third kappa shape index (κ3) is 2.44. The van der Waals surface area contributed by atoms with E-state index in [1.165, 1.54) is 18.1 Å². The molecule has 1 unspecified atom stereocenters. The van der Waals surface area contributed by atoms with E-state index in [1.54, 1.807) is 0 Å². The monoisotopic (exact) mass is 338 g/mol. The number of ether oxygens (including phenoxy) is 1. The van der Waals surface area contributed by atoms with Gasteiger partial charge in [-0.1, -0.05) is 0 Å². The zero-order valence-electron chi connectivity index (χ0n) is 10.6. The lowest BCUT2D eigenvalue weighted by Crippen LogP contribution is -2.27. The van der Waals surface area contributed by atoms with Crippen LogP contribution in [0.5, 0.6) is 0 Å². The van der Waals surface area contributed by atoms with Gasteiger partial charge < -0.3 is 15.4 Å². The average molecular weight is 339 g/mol. The number of methoxy groups -OCH3 is 1. The molecule has 1 fully saturated rings. The van der Waals surface area contributed by atoms with Gasteiger partial charge in [0.25, 0.3) is 0 Å². The number of carbonyl (C=O) groups is 2. The quantitative estimate of drug-likeness (QED) is 0.631. The van der Waals surface area contributed by atoms with Crippen LogP contribution >= 0.6 is 15.9 Å². The number of amides is 1. The standard InChI is InChI=1S/C12H11BrN4O3/c1-20-12(19)6-2-10(18)17(5-6)8-3-9(15)16-11(13)7(8)4-14/h3,6H,2,5H2,1H3,(H2,15,16). The first-order chi connectivity index (χ1) is 9.47. The highest BCUT2D eigenvalue weighted by Crippen LogP contribution is 2.32. The van der Waals surface area contributed by atoms with Crippen LogP contribution in [0, 0.1) is 17.2 Å². The summed E-state index contributed by atoms with van der Waals surface area (Å²) in [4.78, 5) is 28.8. The molecular formula is C12H11BrN4O3. The number of esters is 1. The van der Waals surface area contributed by atoms with Crippen molar-refractivity contribution >= 4 is 39.3 Å². The molecule has 104 valence electrons. The van der Waals surface area contributed by atoms with Gasteiger partial charge in [0.1, 0.15) is 22.1 Å². The molecule has 0 aliphatic carbocycles. The summed E-state index contributed by atoms with van der Waals surface area (Å²) in [7, 11) is 1.27. The first kappa shape index (κ1) is 14.3. The van der Waals surface area contributed by atoms with Crippen molar-refractivity contribution in [3.05, 3.63) is 16.2 Å². The summed E-state index contributed by atoms with van der Waals surface area (Å²) in [5, 5.41) is 9.17. The van der Waals surface area contributed by atoms with Crippen molar-refractivity contribution in [2.24, 2.45) is 5.92 Å². The Hall–Kier alpha value is -2.14. The predicted molar refractivity (Wildman–Crippen MR) is 73.5 cm³/mol. The molecule has 1 saturated heterocycles. The highest BCUT2D eigenvalue weighted by Gasteiger charge is 2.37. The van der Waals surface area contributed by atoms with E-state index in [0.29, 0.717) is 5.69 Å². The van der Waals surface area contributed by atoms with Gasteiger partial charge in [0.15, 0.2) is 0 Å². The minimum Gasteiger partial charge on any atom is -0.469 e. The topological polar surface area (TPSA) is 109 Å². The number of carbonyl (C=O) groups excluding carboxylic acids is 2. The molecule has 7 nitrogen and oxygen atoms in total. The minimum atomic E-state index is -0.535. The van der Waals surface area contributed by atoms with Crippen LogP contribution in [-0.4, -0.2) is 30.5 Å². The molecule has 0 aromatic carbocycles. The number of nitriles is 1. The Morgan fingerprint density at radius 3 is 3.00 bits per heavy atom. The Morgan fingerprint density at radius 1 is 1.70 bits per heavy atom.